The van der Waals surface area contributed by atoms with E-state index in [1.165, 1.54) is 5.57 Å². The zero-order chi connectivity index (χ0) is 29.5. The van der Waals surface area contributed by atoms with Crippen LogP contribution in [0.4, 0.5) is 11.4 Å². The van der Waals surface area contributed by atoms with Gasteiger partial charge in [0.15, 0.2) is 0 Å². The first-order valence-corrected chi connectivity index (χ1v) is 15.1. The van der Waals surface area contributed by atoms with Crippen molar-refractivity contribution >= 4 is 28.9 Å². The molecule has 5 aliphatic rings. The van der Waals surface area contributed by atoms with Crippen LogP contribution in [0.25, 0.3) is 0 Å². The molecule has 0 spiro atoms. The largest absolute Gasteiger partial charge is 0.397 e. The smallest absolute Gasteiger partial charge is 0.340 e. The lowest BCUT2D eigenvalue weighted by atomic mass is 9.39. The first kappa shape index (κ1) is 28.0. The highest BCUT2D eigenvalue weighted by atomic mass is 16.7. The van der Waals surface area contributed by atoms with E-state index in [0.29, 0.717) is 23.2 Å². The Morgan fingerprint density at radius 2 is 1.68 bits per heavy atom. The molecule has 7 nitrogen and oxygen atoms in total. The van der Waals surface area contributed by atoms with Gasteiger partial charge in [-0.05, 0) is 104 Å². The number of nitrogens with zero attached hydrogens (tertiary/aromatic N) is 1. The lowest BCUT2D eigenvalue weighted by Crippen LogP contribution is -2.57. The molecule has 3 saturated carbocycles. The maximum absolute atomic E-state index is 13.7. The van der Waals surface area contributed by atoms with E-state index < -0.39 is 11.3 Å². The van der Waals surface area contributed by atoms with Gasteiger partial charge in [-0.25, -0.2) is 10.6 Å². The summed E-state index contributed by atoms with van der Waals surface area (Å²) in [5, 5.41) is 1.01. The minimum atomic E-state index is -0.660. The fourth-order valence-corrected chi connectivity index (χ4v) is 9.29. The molecule has 0 aliphatic heterocycles. The number of hydrazine groups is 1. The zero-order valence-electron chi connectivity index (χ0n) is 25.0. The fraction of sp³-hybridized carbons (Fsp3) is 0.559. The monoisotopic (exact) mass is 557 g/mol. The predicted octanol–water partition coefficient (Wildman–Crippen LogP) is 6.02. The van der Waals surface area contributed by atoms with Gasteiger partial charge < -0.3 is 10.6 Å². The van der Waals surface area contributed by atoms with Crippen molar-refractivity contribution in [3.8, 4) is 0 Å². The highest BCUT2D eigenvalue weighted by Crippen LogP contribution is 2.70. The van der Waals surface area contributed by atoms with Crippen LogP contribution in [0.5, 0.6) is 0 Å². The zero-order valence-corrected chi connectivity index (χ0v) is 25.0. The molecule has 6 rings (SSSR count). The topological polar surface area (TPSA) is 116 Å². The molecule has 0 amide bonds. The van der Waals surface area contributed by atoms with Gasteiger partial charge in [0.1, 0.15) is 5.69 Å². The number of allylic oxidation sites excluding steroid dienone is 6. The average Bonchev–Trinajstić information content (AvgIpc) is 2.93. The van der Waals surface area contributed by atoms with E-state index in [2.05, 4.69) is 32.9 Å². The number of fused-ring (bicyclic) bond motifs is 7. The summed E-state index contributed by atoms with van der Waals surface area (Å²) in [6.07, 6.45) is 12.6. The van der Waals surface area contributed by atoms with Crippen molar-refractivity contribution in [2.24, 2.45) is 45.3 Å². The molecule has 0 aromatic heterocycles. The lowest BCUT2D eigenvalue weighted by molar-refractivity contribution is -0.169. The van der Waals surface area contributed by atoms with E-state index in [1.54, 1.807) is 18.2 Å². The number of benzene rings is 1. The van der Waals surface area contributed by atoms with Crippen LogP contribution in [0.3, 0.4) is 0 Å². The molecule has 0 radical (unpaired) electrons. The highest BCUT2D eigenvalue weighted by molar-refractivity contribution is 6.44. The first-order valence-electron chi connectivity index (χ1n) is 15.1. The Labute approximate surface area is 243 Å². The van der Waals surface area contributed by atoms with Crippen molar-refractivity contribution in [1.82, 2.24) is 0 Å². The molecule has 1 aromatic carbocycles. The lowest BCUT2D eigenvalue weighted by Gasteiger charge is -2.64. The van der Waals surface area contributed by atoms with Crippen molar-refractivity contribution in [1.29, 1.82) is 0 Å². The van der Waals surface area contributed by atoms with E-state index in [9.17, 15) is 14.4 Å². The summed E-state index contributed by atoms with van der Waals surface area (Å²) in [7, 11) is 0. The molecule has 0 bridgehead atoms. The SMILES string of the molecule is CC1C(=O)C(=O)C=C2C1=CC=C1C2(C)CCC2C3C[C@](C)(C(=O)ON(N)c4ccccc4N)CCC3(C)CCC12C. The quantitative estimate of drug-likeness (QED) is 0.202. The van der Waals surface area contributed by atoms with Crippen LogP contribution >= 0.6 is 0 Å². The molecule has 3 fully saturated rings. The molecule has 7 atom stereocenters. The van der Waals surface area contributed by atoms with E-state index in [4.69, 9.17) is 16.4 Å². The second kappa shape index (κ2) is 9.15. The number of ketones is 2. The Kier molecular flexibility index (Phi) is 6.24. The van der Waals surface area contributed by atoms with Gasteiger partial charge in [0.2, 0.25) is 11.6 Å². The van der Waals surface area contributed by atoms with Gasteiger partial charge in [-0.2, -0.15) is 0 Å². The van der Waals surface area contributed by atoms with Crippen LogP contribution in [0.2, 0.25) is 0 Å². The maximum atomic E-state index is 13.7. The summed E-state index contributed by atoms with van der Waals surface area (Å²) in [5.41, 5.74) is 9.58. The Bertz CT molecular complexity index is 1440. The minimum Gasteiger partial charge on any atom is -0.397 e. The minimum absolute atomic E-state index is 0.0612. The summed E-state index contributed by atoms with van der Waals surface area (Å²) in [4.78, 5) is 44.6. The van der Waals surface area contributed by atoms with E-state index in [-0.39, 0.29) is 33.8 Å². The van der Waals surface area contributed by atoms with Crippen molar-refractivity contribution in [3.63, 3.8) is 0 Å². The predicted molar refractivity (Wildman–Crippen MR) is 159 cm³/mol. The Hall–Kier alpha value is -3.19. The van der Waals surface area contributed by atoms with Gasteiger partial charge in [0, 0.05) is 11.3 Å². The molecule has 41 heavy (non-hydrogen) atoms. The van der Waals surface area contributed by atoms with E-state index >= 15 is 0 Å². The van der Waals surface area contributed by atoms with Crippen LogP contribution in [0, 0.1) is 39.4 Å². The molecule has 5 aliphatic carbocycles. The van der Waals surface area contributed by atoms with Crippen molar-refractivity contribution in [2.75, 3.05) is 10.9 Å². The Morgan fingerprint density at radius 1 is 0.976 bits per heavy atom. The molecule has 218 valence electrons. The number of Topliss-reactive ketones (excluding diaryl/α,β-unsaturated/α-hetero) is 1. The number of carbonyl (C=O) groups excluding carboxylic acids is 3. The third kappa shape index (κ3) is 3.98. The number of carbonyl (C=O) groups is 3. The fourth-order valence-electron chi connectivity index (χ4n) is 9.29. The summed E-state index contributed by atoms with van der Waals surface area (Å²) in [6, 6.07) is 7.08. The number of hydrogen-bond donors (Lipinski definition) is 2. The number of rotatable bonds is 3. The summed E-state index contributed by atoms with van der Waals surface area (Å²) in [6.45, 7) is 11.0. The number of anilines is 2. The molecule has 7 heteroatoms. The van der Waals surface area contributed by atoms with E-state index in [0.717, 1.165) is 61.3 Å². The molecular weight excluding hydrogens is 514 g/mol. The molecular formula is C34H43N3O4. The van der Waals surface area contributed by atoms with Gasteiger partial charge in [-0.3, -0.25) is 9.59 Å². The molecule has 0 heterocycles. The number of para-hydroxylation sites is 2. The van der Waals surface area contributed by atoms with Crippen molar-refractivity contribution in [2.45, 2.75) is 79.6 Å². The molecule has 1 aromatic rings. The second-order valence-corrected chi connectivity index (χ2v) is 14.4. The van der Waals surface area contributed by atoms with Crippen LogP contribution in [-0.2, 0) is 19.2 Å². The van der Waals surface area contributed by atoms with Crippen molar-refractivity contribution in [3.05, 3.63) is 59.2 Å². The van der Waals surface area contributed by atoms with Gasteiger partial charge in [-0.1, -0.05) is 57.6 Å². The summed E-state index contributed by atoms with van der Waals surface area (Å²) >= 11 is 0. The van der Waals surface area contributed by atoms with Crippen LogP contribution < -0.4 is 16.7 Å². The van der Waals surface area contributed by atoms with E-state index in [1.807, 2.05) is 26.0 Å². The second-order valence-electron chi connectivity index (χ2n) is 14.4. The highest BCUT2D eigenvalue weighted by Gasteiger charge is 2.62. The first-order chi connectivity index (χ1) is 19.2. The van der Waals surface area contributed by atoms with Crippen LogP contribution in [0.1, 0.15) is 79.6 Å². The summed E-state index contributed by atoms with van der Waals surface area (Å²) < 4.78 is 0. The molecule has 0 saturated heterocycles. The third-order valence-electron chi connectivity index (χ3n) is 12.1. The normalized spacial score (nSPS) is 39.7. The third-order valence-corrected chi connectivity index (χ3v) is 12.1. The van der Waals surface area contributed by atoms with Crippen molar-refractivity contribution < 1.29 is 19.2 Å². The van der Waals surface area contributed by atoms with Gasteiger partial charge in [-0.15, -0.1) is 5.17 Å². The van der Waals surface area contributed by atoms with Crippen LogP contribution in [0.15, 0.2) is 59.2 Å². The Balaban J connectivity index is 1.30. The Morgan fingerprint density at radius 3 is 2.41 bits per heavy atom. The standard InChI is InChI=1S/C34H43N3O4/c1-20-21-10-11-28-33(4,23(21)18-27(38)29(20)39)13-12-22-24-19-32(3,15-14-31(24,2)16-17-34(22,28)5)30(40)41-37(36)26-9-7-6-8-25(26)35/h6-11,18,20,22,24H,12-17,19,35-36H2,1-5H3/t20?,22?,24?,31?,32-,33?,34?/m1/s1. The van der Waals surface area contributed by atoms with Gasteiger partial charge in [0.25, 0.3) is 0 Å². The number of nitrogens with two attached hydrogens (primary N) is 2. The molecule has 4 N–H and O–H groups in total. The average molecular weight is 558 g/mol. The number of nitrogen functional groups attached to an aromatic ring is 1. The summed E-state index contributed by atoms with van der Waals surface area (Å²) in [5.74, 6) is 5.52. The van der Waals surface area contributed by atoms with Crippen LogP contribution in [-0.4, -0.2) is 17.5 Å². The van der Waals surface area contributed by atoms with Gasteiger partial charge in [0.05, 0.1) is 11.1 Å². The van der Waals surface area contributed by atoms with Gasteiger partial charge >= 0.3 is 5.97 Å². The number of hydrogen-bond acceptors (Lipinski definition) is 7. The molecule has 6 unspecified atom stereocenters. The maximum Gasteiger partial charge on any atom is 0.340 e.